The van der Waals surface area contributed by atoms with Gasteiger partial charge in [-0.2, -0.15) is 35.8 Å². The first-order chi connectivity index (χ1) is 18.7. The highest BCUT2D eigenvalue weighted by Crippen LogP contribution is 2.39. The van der Waals surface area contributed by atoms with Crippen LogP contribution in [0.15, 0.2) is 42.6 Å². The number of anilines is 1. The van der Waals surface area contributed by atoms with Crippen molar-refractivity contribution in [3.8, 4) is 28.5 Å². The number of alkyl halides is 7. The molecule has 3 N–H and O–H groups in total. The van der Waals surface area contributed by atoms with Crippen LogP contribution < -0.4 is 25.3 Å². The van der Waals surface area contributed by atoms with Crippen molar-refractivity contribution in [2.75, 3.05) is 18.5 Å². The molecule has 0 saturated carbocycles. The second kappa shape index (κ2) is 12.0. The highest BCUT2D eigenvalue weighted by atomic mass is 35.5. The van der Waals surface area contributed by atoms with Gasteiger partial charge in [0.2, 0.25) is 0 Å². The van der Waals surface area contributed by atoms with Crippen molar-refractivity contribution < 1.29 is 54.5 Å². The molecule has 9 nitrogen and oxygen atoms in total. The zero-order valence-electron chi connectivity index (χ0n) is 20.1. The molecule has 40 heavy (non-hydrogen) atoms. The van der Waals surface area contributed by atoms with Gasteiger partial charge >= 0.3 is 24.7 Å². The summed E-state index contributed by atoms with van der Waals surface area (Å²) in [6.07, 6.45) is -13.9. The van der Waals surface area contributed by atoms with Crippen LogP contribution in [-0.2, 0) is 11.8 Å². The lowest BCUT2D eigenvalue weighted by atomic mass is 10.1. The van der Waals surface area contributed by atoms with Crippen LogP contribution in [-0.4, -0.2) is 53.5 Å². The van der Waals surface area contributed by atoms with E-state index in [2.05, 4.69) is 19.9 Å². The first-order valence-electron chi connectivity index (χ1n) is 10.9. The fourth-order valence-electron chi connectivity index (χ4n) is 3.22. The molecule has 1 amide bonds. The largest absolute Gasteiger partial charge is 0.492 e. The number of hydrogen-bond donors (Lipinski definition) is 2. The Balaban J connectivity index is 2.05. The monoisotopic (exact) mass is 598 g/mol. The van der Waals surface area contributed by atoms with Gasteiger partial charge in [0, 0.05) is 24.8 Å². The smallest absolute Gasteiger partial charge is 0.491 e. The topological polar surface area (TPSA) is 118 Å². The molecule has 0 unspecified atom stereocenters. The van der Waals surface area contributed by atoms with E-state index in [4.69, 9.17) is 22.1 Å². The third kappa shape index (κ3) is 6.93. The van der Waals surface area contributed by atoms with Gasteiger partial charge in [0.15, 0.2) is 11.5 Å². The third-order valence-electron chi connectivity index (χ3n) is 4.91. The number of ether oxygens (including phenoxy) is 3. The number of aryl methyl sites for hydroxylation is 1. The third-order valence-corrected chi connectivity index (χ3v) is 5.19. The Hall–Kier alpha value is -4.05. The molecule has 1 aromatic heterocycles. The van der Waals surface area contributed by atoms with Gasteiger partial charge in [-0.3, -0.25) is 9.48 Å². The van der Waals surface area contributed by atoms with Gasteiger partial charge < -0.3 is 25.3 Å². The molecule has 2 aromatic carbocycles. The summed E-state index contributed by atoms with van der Waals surface area (Å²) in [5.74, 6) is -6.84. The molecule has 3 rings (SSSR count). The maximum atomic E-state index is 13.6. The van der Waals surface area contributed by atoms with E-state index >= 15 is 0 Å². The summed E-state index contributed by atoms with van der Waals surface area (Å²) in [6.45, 7) is 0.248. The van der Waals surface area contributed by atoms with E-state index in [9.17, 15) is 40.3 Å². The predicted octanol–water partition coefficient (Wildman–Crippen LogP) is 5.03. The average Bonchev–Trinajstić information content (AvgIpc) is 3.20. The maximum Gasteiger partial charge on any atom is 0.491 e. The van der Waals surface area contributed by atoms with Crippen molar-refractivity contribution in [2.45, 2.75) is 18.7 Å². The van der Waals surface area contributed by atoms with Crippen LogP contribution in [0.5, 0.6) is 17.2 Å². The number of benzene rings is 2. The normalized spacial score (nSPS) is 11.9. The minimum atomic E-state index is -5.64. The lowest BCUT2D eigenvalue weighted by Gasteiger charge is -2.20. The zero-order chi connectivity index (χ0) is 29.8. The molecule has 0 saturated heterocycles. The number of amides is 1. The summed E-state index contributed by atoms with van der Waals surface area (Å²) < 4.78 is 106. The Morgan fingerprint density at radius 1 is 1.12 bits per heavy atom. The summed E-state index contributed by atoms with van der Waals surface area (Å²) in [5, 5.41) is 6.49. The number of para-hydroxylation sites is 1. The van der Waals surface area contributed by atoms with Crippen LogP contribution in [0.4, 0.5) is 36.4 Å². The van der Waals surface area contributed by atoms with Crippen LogP contribution in [0.3, 0.4) is 0 Å². The minimum absolute atomic E-state index is 0.0188. The fraction of sp³-hybridized carbons (Fsp3) is 0.261. The first-order valence-corrected chi connectivity index (χ1v) is 11.3. The predicted molar refractivity (Wildman–Crippen MR) is 126 cm³/mol. The van der Waals surface area contributed by atoms with Crippen molar-refractivity contribution in [1.82, 2.24) is 9.78 Å². The molecule has 0 spiro atoms. The first kappa shape index (κ1) is 30.5. The number of carbonyl (C=O) groups is 2. The van der Waals surface area contributed by atoms with Crippen molar-refractivity contribution in [1.29, 1.82) is 0 Å². The van der Waals surface area contributed by atoms with Gasteiger partial charge in [-0.25, -0.2) is 4.79 Å². The molecule has 3 aromatic rings. The van der Waals surface area contributed by atoms with E-state index in [1.54, 1.807) is 7.05 Å². The molecule has 1 heterocycles. The Bertz CT molecular complexity index is 1380. The van der Waals surface area contributed by atoms with Gasteiger partial charge in [-0.05, 0) is 30.3 Å². The number of nitrogens with two attached hydrogens (primary N) is 1. The number of rotatable bonds is 10. The van der Waals surface area contributed by atoms with Gasteiger partial charge in [0.25, 0.3) is 5.91 Å². The van der Waals surface area contributed by atoms with Crippen molar-refractivity contribution in [2.24, 2.45) is 12.8 Å². The molecule has 0 aliphatic rings. The number of nitrogens with zero attached hydrogens (tertiary/aromatic N) is 2. The summed E-state index contributed by atoms with van der Waals surface area (Å²) in [4.78, 5) is 24.5. The number of nitrogens with one attached hydrogen (secondary N) is 1. The molecule has 0 aliphatic carbocycles. The average molecular weight is 599 g/mol. The Morgan fingerprint density at radius 2 is 1.82 bits per heavy atom. The van der Waals surface area contributed by atoms with Crippen molar-refractivity contribution in [3.05, 3.63) is 53.2 Å². The van der Waals surface area contributed by atoms with Crippen LogP contribution >= 0.6 is 11.6 Å². The van der Waals surface area contributed by atoms with E-state index < -0.39 is 47.6 Å². The van der Waals surface area contributed by atoms with E-state index in [-0.39, 0.29) is 29.6 Å². The molecular weight excluding hydrogens is 581 g/mol. The van der Waals surface area contributed by atoms with Crippen LogP contribution in [0, 0.1) is 0 Å². The fourth-order valence-corrected chi connectivity index (χ4v) is 3.49. The molecule has 17 heteroatoms. The summed E-state index contributed by atoms with van der Waals surface area (Å²) in [6, 6.07) is 6.19. The molecule has 216 valence electrons. The number of aromatic nitrogens is 2. The van der Waals surface area contributed by atoms with E-state index in [1.165, 1.54) is 29.1 Å². The summed E-state index contributed by atoms with van der Waals surface area (Å²) >= 11 is 6.22. The zero-order valence-corrected chi connectivity index (χ0v) is 20.8. The van der Waals surface area contributed by atoms with E-state index in [0.29, 0.717) is 17.3 Å². The van der Waals surface area contributed by atoms with Gasteiger partial charge in [0.05, 0.1) is 22.5 Å². The molecule has 0 radical (unpaired) electrons. The second-order valence-corrected chi connectivity index (χ2v) is 8.16. The SMILES string of the molecule is Cn1ncc(Cl)c1-c1cc(NC(=O)c2cccc(OC(F)(F)C(F)F)c2OC(=O)C(F)(F)F)ccc1OCCN. The summed E-state index contributed by atoms with van der Waals surface area (Å²) in [5.41, 5.74) is 5.17. The highest BCUT2D eigenvalue weighted by Gasteiger charge is 2.46. The second-order valence-electron chi connectivity index (χ2n) is 7.75. The van der Waals surface area contributed by atoms with Gasteiger partial charge in [-0.15, -0.1) is 0 Å². The van der Waals surface area contributed by atoms with Gasteiger partial charge in [-0.1, -0.05) is 17.7 Å². The Kier molecular flexibility index (Phi) is 9.14. The molecule has 0 bridgehead atoms. The Labute approximate surface area is 225 Å². The van der Waals surface area contributed by atoms with Crippen LogP contribution in [0.25, 0.3) is 11.3 Å². The standard InChI is InChI=1S/C23H18ClF7N4O5/c1-35-17(14(24)10-33-35)13-9-11(5-6-15(13)38-8-7-32)34-19(36)12-3-2-4-16(40-23(30,31)20(25)26)18(12)39-21(37)22(27,28)29/h2-6,9-10,20H,7-8,32H2,1H3,(H,34,36). The lowest BCUT2D eigenvalue weighted by Crippen LogP contribution is -2.34. The Morgan fingerprint density at radius 3 is 2.40 bits per heavy atom. The highest BCUT2D eigenvalue weighted by molar-refractivity contribution is 6.33. The van der Waals surface area contributed by atoms with Crippen LogP contribution in [0.1, 0.15) is 10.4 Å². The number of halogens is 8. The quantitative estimate of drug-likeness (QED) is 0.191. The van der Waals surface area contributed by atoms with E-state index in [0.717, 1.165) is 12.1 Å². The molecule has 0 atom stereocenters. The van der Waals surface area contributed by atoms with Crippen LogP contribution in [0.2, 0.25) is 5.02 Å². The van der Waals surface area contributed by atoms with Crippen molar-refractivity contribution >= 4 is 29.2 Å². The summed E-state index contributed by atoms with van der Waals surface area (Å²) in [7, 11) is 1.56. The molecule has 0 aliphatic heterocycles. The van der Waals surface area contributed by atoms with E-state index in [1.807, 2.05) is 0 Å². The minimum Gasteiger partial charge on any atom is -0.492 e. The number of esters is 1. The van der Waals surface area contributed by atoms with Gasteiger partial charge in [0.1, 0.15) is 12.4 Å². The number of carbonyl (C=O) groups excluding carboxylic acids is 2. The lowest BCUT2D eigenvalue weighted by molar-refractivity contribution is -0.253. The molecule has 0 fully saturated rings. The molecular formula is C23H18ClF7N4O5. The maximum absolute atomic E-state index is 13.6. The van der Waals surface area contributed by atoms with Crippen molar-refractivity contribution in [3.63, 3.8) is 0 Å². The number of hydrogen-bond acceptors (Lipinski definition) is 7.